The highest BCUT2D eigenvalue weighted by Gasteiger charge is 2.57. The highest BCUT2D eigenvalue weighted by Crippen LogP contribution is 2.59. The van der Waals surface area contributed by atoms with Gasteiger partial charge in [-0.15, -0.1) is 0 Å². The van der Waals surface area contributed by atoms with Gasteiger partial charge in [0.25, 0.3) is 0 Å². The second-order valence-corrected chi connectivity index (χ2v) is 9.54. The van der Waals surface area contributed by atoms with E-state index >= 15 is 0 Å². The van der Waals surface area contributed by atoms with Crippen LogP contribution in [0.5, 0.6) is 5.75 Å². The summed E-state index contributed by atoms with van der Waals surface area (Å²) in [7, 11) is 1.81. The molecule has 1 aromatic rings. The summed E-state index contributed by atoms with van der Waals surface area (Å²) in [6, 6.07) is 7.74. The summed E-state index contributed by atoms with van der Waals surface area (Å²) in [5, 5.41) is 0. The van der Waals surface area contributed by atoms with Crippen LogP contribution < -0.4 is 4.74 Å². The summed E-state index contributed by atoms with van der Waals surface area (Å²) in [6.45, 7) is 7.74. The first-order chi connectivity index (χ1) is 12.1. The van der Waals surface area contributed by atoms with Crippen LogP contribution >= 0.6 is 0 Å². The van der Waals surface area contributed by atoms with E-state index in [4.69, 9.17) is 4.74 Å². The zero-order valence-electron chi connectivity index (χ0n) is 16.1. The molecule has 2 saturated carbocycles. The second kappa shape index (κ2) is 5.74. The lowest BCUT2D eigenvalue weighted by Crippen LogP contribution is -2.64. The molecule has 5 atom stereocenters. The van der Waals surface area contributed by atoms with E-state index in [1.807, 2.05) is 7.11 Å². The number of ether oxygens (including phenoxy) is 1. The lowest BCUT2D eigenvalue weighted by Gasteiger charge is -2.62. The monoisotopic (exact) mass is 339 g/mol. The molecule has 136 valence electrons. The zero-order chi connectivity index (χ0) is 17.2. The minimum Gasteiger partial charge on any atom is -0.497 e. The summed E-state index contributed by atoms with van der Waals surface area (Å²) in [4.78, 5) is 2.91. The van der Waals surface area contributed by atoms with Gasteiger partial charge >= 0.3 is 0 Å². The summed E-state index contributed by atoms with van der Waals surface area (Å²) in [5.41, 5.74) is 3.68. The van der Waals surface area contributed by atoms with Crippen LogP contribution in [0.2, 0.25) is 0 Å². The molecule has 3 aliphatic carbocycles. The summed E-state index contributed by atoms with van der Waals surface area (Å²) < 4.78 is 5.61. The van der Waals surface area contributed by atoms with E-state index in [1.54, 1.807) is 11.1 Å². The SMILES string of the molecule is COc1ccc2c(c1)[C@@]13CCC(C)[C@H](C)C1[C@@H](C2)N(CC1CC1)CC3. The normalized spacial score (nSPS) is 40.3. The number of hydrogen-bond acceptors (Lipinski definition) is 2. The van der Waals surface area contributed by atoms with Gasteiger partial charge in [0.15, 0.2) is 0 Å². The molecule has 2 nitrogen and oxygen atoms in total. The van der Waals surface area contributed by atoms with Gasteiger partial charge in [-0.3, -0.25) is 4.90 Å². The first-order valence-corrected chi connectivity index (χ1v) is 10.5. The fraction of sp³-hybridized carbons (Fsp3) is 0.739. The Balaban J connectivity index is 1.60. The van der Waals surface area contributed by atoms with Crippen LogP contribution in [0.3, 0.4) is 0 Å². The van der Waals surface area contributed by atoms with Crippen molar-refractivity contribution in [3.05, 3.63) is 29.3 Å². The average Bonchev–Trinajstić information content (AvgIpc) is 3.44. The van der Waals surface area contributed by atoms with Gasteiger partial charge in [0.2, 0.25) is 0 Å². The number of piperidine rings is 1. The quantitative estimate of drug-likeness (QED) is 0.794. The molecule has 3 fully saturated rings. The van der Waals surface area contributed by atoms with Crippen LogP contribution in [-0.4, -0.2) is 31.1 Å². The molecule has 4 aliphatic rings. The van der Waals surface area contributed by atoms with E-state index in [0.717, 1.165) is 35.5 Å². The minimum atomic E-state index is 0.415. The number of hydrogen-bond donors (Lipinski definition) is 0. The van der Waals surface area contributed by atoms with Gasteiger partial charge in [-0.2, -0.15) is 0 Å². The summed E-state index contributed by atoms with van der Waals surface area (Å²) in [5.74, 6) is 4.59. The highest BCUT2D eigenvalue weighted by atomic mass is 16.5. The topological polar surface area (TPSA) is 12.5 Å². The predicted molar refractivity (Wildman–Crippen MR) is 102 cm³/mol. The third-order valence-corrected chi connectivity index (χ3v) is 8.35. The number of nitrogens with zero attached hydrogens (tertiary/aromatic N) is 1. The van der Waals surface area contributed by atoms with Gasteiger partial charge in [-0.05, 0) is 92.0 Å². The Morgan fingerprint density at radius 2 is 2.00 bits per heavy atom. The third-order valence-electron chi connectivity index (χ3n) is 8.35. The molecule has 0 spiro atoms. The van der Waals surface area contributed by atoms with Crippen molar-refractivity contribution in [1.82, 2.24) is 4.90 Å². The van der Waals surface area contributed by atoms with Gasteiger partial charge in [0, 0.05) is 18.0 Å². The molecule has 0 N–H and O–H groups in total. The van der Waals surface area contributed by atoms with E-state index in [2.05, 4.69) is 36.9 Å². The number of benzene rings is 1. The van der Waals surface area contributed by atoms with Crippen molar-refractivity contribution < 1.29 is 4.74 Å². The van der Waals surface area contributed by atoms with Gasteiger partial charge in [-0.25, -0.2) is 0 Å². The maximum absolute atomic E-state index is 5.61. The Bertz CT molecular complexity index is 666. The molecule has 1 aliphatic heterocycles. The van der Waals surface area contributed by atoms with Gasteiger partial charge in [-0.1, -0.05) is 19.9 Å². The summed E-state index contributed by atoms with van der Waals surface area (Å²) in [6.07, 6.45) is 8.34. The van der Waals surface area contributed by atoms with Crippen LogP contribution in [-0.2, 0) is 11.8 Å². The Hall–Kier alpha value is -1.02. The summed E-state index contributed by atoms with van der Waals surface area (Å²) >= 11 is 0. The fourth-order valence-corrected chi connectivity index (χ4v) is 6.63. The molecular formula is C23H33NO. The van der Waals surface area contributed by atoms with Crippen molar-refractivity contribution in [2.75, 3.05) is 20.2 Å². The molecule has 25 heavy (non-hydrogen) atoms. The molecule has 1 saturated heterocycles. The van der Waals surface area contributed by atoms with Crippen LogP contribution in [0, 0.1) is 23.7 Å². The van der Waals surface area contributed by atoms with E-state index in [1.165, 1.54) is 51.6 Å². The van der Waals surface area contributed by atoms with E-state index in [0.29, 0.717) is 5.41 Å². The minimum absolute atomic E-state index is 0.415. The largest absolute Gasteiger partial charge is 0.497 e. The van der Waals surface area contributed by atoms with Crippen LogP contribution in [0.4, 0.5) is 0 Å². The average molecular weight is 340 g/mol. The van der Waals surface area contributed by atoms with Gasteiger partial charge in [0.1, 0.15) is 5.75 Å². The molecule has 1 aromatic carbocycles. The fourth-order valence-electron chi connectivity index (χ4n) is 6.63. The molecule has 0 radical (unpaired) electrons. The van der Waals surface area contributed by atoms with E-state index in [9.17, 15) is 0 Å². The standard InChI is InChI=1S/C23H33NO/c1-15-8-9-23-10-11-24(14-17-4-5-17)21(22(23)16(15)2)12-18-6-7-19(25-3)13-20(18)23/h6-7,13,15-17,21-22H,4-5,8-12,14H2,1-3H3/t15?,16-,21+,22?,23-/m0/s1. The van der Waals surface area contributed by atoms with Crippen molar-refractivity contribution in [3.8, 4) is 5.75 Å². The highest BCUT2D eigenvalue weighted by molar-refractivity contribution is 5.46. The maximum atomic E-state index is 5.61. The van der Waals surface area contributed by atoms with Crippen molar-refractivity contribution in [3.63, 3.8) is 0 Å². The third kappa shape index (κ3) is 2.40. The van der Waals surface area contributed by atoms with Crippen molar-refractivity contribution in [2.45, 2.75) is 63.8 Å². The van der Waals surface area contributed by atoms with Crippen molar-refractivity contribution in [2.24, 2.45) is 23.7 Å². The maximum Gasteiger partial charge on any atom is 0.119 e. The van der Waals surface area contributed by atoms with Crippen molar-refractivity contribution >= 4 is 0 Å². The lowest BCUT2D eigenvalue weighted by molar-refractivity contribution is -0.0579. The zero-order valence-corrected chi connectivity index (χ0v) is 16.1. The van der Waals surface area contributed by atoms with E-state index < -0.39 is 0 Å². The molecule has 2 bridgehead atoms. The molecule has 2 unspecified atom stereocenters. The number of methoxy groups -OCH3 is 1. The molecule has 2 heteroatoms. The second-order valence-electron chi connectivity index (χ2n) is 9.54. The van der Waals surface area contributed by atoms with E-state index in [-0.39, 0.29) is 0 Å². The Labute approximate surface area is 152 Å². The number of likely N-dealkylation sites (tertiary alicyclic amines) is 1. The van der Waals surface area contributed by atoms with Crippen LogP contribution in [0.1, 0.15) is 57.1 Å². The molecule has 0 amide bonds. The van der Waals surface area contributed by atoms with Gasteiger partial charge < -0.3 is 4.74 Å². The Kier molecular flexibility index (Phi) is 3.71. The number of fused-ring (bicyclic) bond motifs is 1. The molecule has 1 heterocycles. The number of rotatable bonds is 3. The Morgan fingerprint density at radius 3 is 2.76 bits per heavy atom. The molecule has 5 rings (SSSR count). The Morgan fingerprint density at radius 1 is 1.16 bits per heavy atom. The van der Waals surface area contributed by atoms with Crippen LogP contribution in [0.15, 0.2) is 18.2 Å². The smallest absolute Gasteiger partial charge is 0.119 e. The van der Waals surface area contributed by atoms with Crippen LogP contribution in [0.25, 0.3) is 0 Å². The lowest BCUT2D eigenvalue weighted by atomic mass is 9.48. The van der Waals surface area contributed by atoms with Gasteiger partial charge in [0.05, 0.1) is 7.11 Å². The first-order valence-electron chi connectivity index (χ1n) is 10.5. The molecular weight excluding hydrogens is 306 g/mol. The predicted octanol–water partition coefficient (Wildman–Crippen LogP) is 4.66. The first kappa shape index (κ1) is 16.2. The van der Waals surface area contributed by atoms with Crippen molar-refractivity contribution in [1.29, 1.82) is 0 Å². The molecule has 0 aromatic heterocycles.